The number of benzene rings is 2. The Balaban J connectivity index is 1.99. The minimum atomic E-state index is -0.752. The molecule has 0 aliphatic carbocycles. The highest BCUT2D eigenvalue weighted by Gasteiger charge is 2.33. The van der Waals surface area contributed by atoms with Crippen LogP contribution in [-0.2, 0) is 9.53 Å². The summed E-state index contributed by atoms with van der Waals surface area (Å²) in [5.74, 6) is 0.0989. The van der Waals surface area contributed by atoms with Crippen LogP contribution in [0.1, 0.15) is 31.0 Å². The largest absolute Gasteiger partial charge is 0.506 e. The molecular weight excluding hydrogens is 668 g/mol. The summed E-state index contributed by atoms with van der Waals surface area (Å²) < 4.78 is 14.4. The monoisotopic (exact) mass is 684 g/mol. The second-order valence-corrected chi connectivity index (χ2v) is 11.2. The lowest BCUT2D eigenvalue weighted by Crippen LogP contribution is -2.40. The van der Waals surface area contributed by atoms with Crippen LogP contribution in [0.2, 0.25) is 0 Å². The number of hydrogen-bond acceptors (Lipinski definition) is 7. The Morgan fingerprint density at radius 2 is 1.97 bits per heavy atom. The molecule has 1 atom stereocenters. The fourth-order valence-corrected chi connectivity index (χ4v) is 6.65. The van der Waals surface area contributed by atoms with Crippen LogP contribution in [0.15, 0.2) is 64.8 Å². The van der Waals surface area contributed by atoms with Crippen molar-refractivity contribution < 1.29 is 19.4 Å². The van der Waals surface area contributed by atoms with Gasteiger partial charge in [0, 0.05) is 10.0 Å². The quantitative estimate of drug-likeness (QED) is 0.390. The normalized spacial score (nSPS) is 15.6. The van der Waals surface area contributed by atoms with E-state index in [9.17, 15) is 14.7 Å². The third-order valence-corrected chi connectivity index (χ3v) is 8.02. The Hall–Kier alpha value is -2.21. The van der Waals surface area contributed by atoms with E-state index in [1.165, 1.54) is 15.9 Å². The van der Waals surface area contributed by atoms with Crippen LogP contribution >= 0.6 is 59.1 Å². The molecule has 11 heteroatoms. The van der Waals surface area contributed by atoms with Gasteiger partial charge in [0.15, 0.2) is 4.80 Å². The molecule has 0 fully saturated rings. The molecular formula is C24H19Br3N2O5S. The lowest BCUT2D eigenvalue weighted by Gasteiger charge is -2.25. The molecule has 0 saturated carbocycles. The maximum absolute atomic E-state index is 13.7. The molecule has 1 aromatic heterocycles. The number of rotatable bonds is 5. The van der Waals surface area contributed by atoms with Gasteiger partial charge in [-0.05, 0) is 81.6 Å². The summed E-state index contributed by atoms with van der Waals surface area (Å²) in [5.41, 5.74) is 1.57. The van der Waals surface area contributed by atoms with Gasteiger partial charge in [-0.2, -0.15) is 0 Å². The van der Waals surface area contributed by atoms with E-state index in [2.05, 4.69) is 52.8 Å². The smallest absolute Gasteiger partial charge is 0.338 e. The first kappa shape index (κ1) is 25.9. The van der Waals surface area contributed by atoms with Crippen molar-refractivity contribution in [3.63, 3.8) is 0 Å². The molecule has 0 unspecified atom stereocenters. The third kappa shape index (κ3) is 4.91. The molecule has 0 saturated heterocycles. The van der Waals surface area contributed by atoms with Crippen LogP contribution in [-0.4, -0.2) is 29.4 Å². The predicted octanol–water partition coefficient (Wildman–Crippen LogP) is 4.80. The lowest BCUT2D eigenvalue weighted by molar-refractivity contribution is -0.139. The van der Waals surface area contributed by atoms with Crippen molar-refractivity contribution in [2.75, 3.05) is 13.7 Å². The Kier molecular flexibility index (Phi) is 7.70. The molecule has 3 aromatic rings. The lowest BCUT2D eigenvalue weighted by atomic mass is 9.96. The number of nitrogens with zero attached hydrogens (tertiary/aromatic N) is 2. The average Bonchev–Trinajstić information content (AvgIpc) is 3.10. The number of esters is 1. The fraction of sp³-hybridized carbons (Fsp3) is 0.208. The summed E-state index contributed by atoms with van der Waals surface area (Å²) in [6, 6.07) is 8.06. The number of fused-ring (bicyclic) bond motifs is 1. The van der Waals surface area contributed by atoms with Gasteiger partial charge in [-0.25, -0.2) is 9.79 Å². The second-order valence-electron chi connectivity index (χ2n) is 7.52. The van der Waals surface area contributed by atoms with Crippen LogP contribution in [0, 0.1) is 0 Å². The molecule has 7 nitrogen and oxygen atoms in total. The predicted molar refractivity (Wildman–Crippen MR) is 145 cm³/mol. The summed E-state index contributed by atoms with van der Waals surface area (Å²) in [6.45, 7) is 3.65. The molecule has 4 rings (SSSR count). The zero-order valence-corrected chi connectivity index (χ0v) is 24.3. The highest BCUT2D eigenvalue weighted by atomic mass is 79.9. The first-order chi connectivity index (χ1) is 16.7. The number of carbonyl (C=O) groups excluding carboxylic acids is 1. The topological polar surface area (TPSA) is 90.1 Å². The Morgan fingerprint density at radius 3 is 2.63 bits per heavy atom. The number of methoxy groups -OCH3 is 1. The highest BCUT2D eigenvalue weighted by molar-refractivity contribution is 9.11. The summed E-state index contributed by atoms with van der Waals surface area (Å²) in [6.07, 6.45) is 1.61. The maximum atomic E-state index is 13.7. The molecule has 1 aliphatic rings. The fourth-order valence-electron chi connectivity index (χ4n) is 3.80. The van der Waals surface area contributed by atoms with E-state index in [-0.39, 0.29) is 23.5 Å². The minimum Gasteiger partial charge on any atom is -0.506 e. The van der Waals surface area contributed by atoms with E-state index in [4.69, 9.17) is 9.47 Å². The van der Waals surface area contributed by atoms with Gasteiger partial charge in [-0.1, -0.05) is 33.3 Å². The first-order valence-corrected chi connectivity index (χ1v) is 13.6. The molecule has 2 aromatic carbocycles. The summed E-state index contributed by atoms with van der Waals surface area (Å²) in [7, 11) is 1.56. The van der Waals surface area contributed by atoms with Crippen molar-refractivity contribution in [2.45, 2.75) is 19.9 Å². The van der Waals surface area contributed by atoms with Crippen LogP contribution in [0.5, 0.6) is 11.5 Å². The molecule has 0 bridgehead atoms. The van der Waals surface area contributed by atoms with Crippen LogP contribution in [0.25, 0.3) is 6.08 Å². The van der Waals surface area contributed by atoms with Crippen molar-refractivity contribution in [3.8, 4) is 11.5 Å². The van der Waals surface area contributed by atoms with Crippen molar-refractivity contribution in [1.29, 1.82) is 0 Å². The van der Waals surface area contributed by atoms with Gasteiger partial charge in [0.05, 0.1) is 44.5 Å². The number of aromatic hydroxyl groups is 1. The van der Waals surface area contributed by atoms with Crippen LogP contribution in [0.3, 0.4) is 0 Å². The number of allylic oxidation sites excluding steroid dienone is 1. The Labute approximate surface area is 229 Å². The molecule has 1 N–H and O–H groups in total. The van der Waals surface area contributed by atoms with Crippen molar-refractivity contribution >= 4 is 71.2 Å². The van der Waals surface area contributed by atoms with E-state index >= 15 is 0 Å². The molecule has 0 spiro atoms. The third-order valence-electron chi connectivity index (χ3n) is 5.35. The van der Waals surface area contributed by atoms with Gasteiger partial charge in [-0.3, -0.25) is 9.36 Å². The van der Waals surface area contributed by atoms with E-state index in [0.29, 0.717) is 40.9 Å². The van der Waals surface area contributed by atoms with E-state index in [0.717, 1.165) is 4.47 Å². The van der Waals surface area contributed by atoms with Gasteiger partial charge in [0.2, 0.25) is 0 Å². The molecule has 35 heavy (non-hydrogen) atoms. The van der Waals surface area contributed by atoms with Gasteiger partial charge < -0.3 is 14.6 Å². The van der Waals surface area contributed by atoms with E-state index in [1.807, 2.05) is 6.07 Å². The highest BCUT2D eigenvalue weighted by Crippen LogP contribution is 2.35. The number of hydrogen-bond donors (Lipinski definition) is 1. The first-order valence-electron chi connectivity index (χ1n) is 10.4. The standard InChI is InChI=1S/C24H19Br3N2O5S/c1-4-34-23(32)19-11(2)28-24-29(20(19)12-5-6-17(33-3)15(26)8-12)22(31)18(35-24)9-13-7-14(25)10-16(27)21(13)30/h5-10,20,30H,4H2,1-3H3/b18-9+/t20-/m1/s1. The minimum absolute atomic E-state index is 0.0121. The van der Waals surface area contributed by atoms with E-state index in [1.54, 1.807) is 51.3 Å². The molecule has 0 radical (unpaired) electrons. The van der Waals surface area contributed by atoms with Gasteiger partial charge >= 0.3 is 5.97 Å². The zero-order chi connectivity index (χ0) is 25.4. The average molecular weight is 687 g/mol. The SMILES string of the molecule is CCOC(=O)C1=C(C)N=c2s/c(=C/c3cc(Br)cc(Br)c3O)c(=O)n2[C@@H]1c1ccc(OC)c(Br)c1. The molecule has 182 valence electrons. The number of phenols is 1. The number of ether oxygens (including phenoxy) is 2. The maximum Gasteiger partial charge on any atom is 0.338 e. The van der Waals surface area contributed by atoms with Crippen molar-refractivity contribution in [3.05, 3.63) is 85.8 Å². The van der Waals surface area contributed by atoms with E-state index < -0.39 is 12.0 Å². The number of thiazole rings is 1. The summed E-state index contributed by atoms with van der Waals surface area (Å²) >= 11 is 11.4. The number of carbonyl (C=O) groups is 1. The summed E-state index contributed by atoms with van der Waals surface area (Å²) in [5, 5.41) is 10.5. The van der Waals surface area contributed by atoms with Gasteiger partial charge in [-0.15, -0.1) is 0 Å². The zero-order valence-electron chi connectivity index (χ0n) is 18.8. The van der Waals surface area contributed by atoms with Gasteiger partial charge in [0.1, 0.15) is 11.5 Å². The van der Waals surface area contributed by atoms with Gasteiger partial charge in [0.25, 0.3) is 5.56 Å². The van der Waals surface area contributed by atoms with Crippen molar-refractivity contribution in [1.82, 2.24) is 4.57 Å². The molecule has 0 amide bonds. The Morgan fingerprint density at radius 1 is 1.23 bits per heavy atom. The molecule has 2 heterocycles. The van der Waals surface area contributed by atoms with Crippen molar-refractivity contribution in [2.24, 2.45) is 4.99 Å². The number of phenolic OH excluding ortho intramolecular Hbond substituents is 1. The Bertz CT molecular complexity index is 1560. The van der Waals surface area contributed by atoms with Crippen LogP contribution in [0.4, 0.5) is 0 Å². The number of halogens is 3. The summed E-state index contributed by atoms with van der Waals surface area (Å²) in [4.78, 5) is 31.7. The second kappa shape index (κ2) is 10.4. The number of aromatic nitrogens is 1. The molecule has 1 aliphatic heterocycles. The van der Waals surface area contributed by atoms with Crippen LogP contribution < -0.4 is 19.6 Å².